The summed E-state index contributed by atoms with van der Waals surface area (Å²) in [6.45, 7) is 0.452. The molecule has 0 fully saturated rings. The van der Waals surface area contributed by atoms with Crippen LogP contribution < -0.4 is 19.5 Å². The largest absolute Gasteiger partial charge is 0.497 e. The molecule has 5 nitrogen and oxygen atoms in total. The Bertz CT molecular complexity index is 620. The van der Waals surface area contributed by atoms with Crippen LogP contribution in [0.2, 0.25) is 5.02 Å². The summed E-state index contributed by atoms with van der Waals surface area (Å²) in [6, 6.07) is 7.16. The molecule has 21 heavy (non-hydrogen) atoms. The molecule has 1 aromatic carbocycles. The third-order valence-corrected chi connectivity index (χ3v) is 3.32. The Morgan fingerprint density at radius 1 is 1.10 bits per heavy atom. The highest BCUT2D eigenvalue weighted by Gasteiger charge is 2.11. The number of ether oxygens (including phenoxy) is 3. The van der Waals surface area contributed by atoms with Crippen LogP contribution in [0.5, 0.6) is 17.2 Å². The molecule has 6 heteroatoms. The van der Waals surface area contributed by atoms with Gasteiger partial charge in [0.25, 0.3) is 0 Å². The third-order valence-electron chi connectivity index (χ3n) is 2.99. The van der Waals surface area contributed by atoms with Gasteiger partial charge >= 0.3 is 0 Å². The summed E-state index contributed by atoms with van der Waals surface area (Å²) in [7, 11) is 4.79. The SMILES string of the molecule is COc1ccc(Cl)c(NCc2nccc(OC)c2OC)c1. The highest BCUT2D eigenvalue weighted by Crippen LogP contribution is 2.31. The zero-order valence-electron chi connectivity index (χ0n) is 12.1. The zero-order chi connectivity index (χ0) is 15.2. The Morgan fingerprint density at radius 2 is 1.90 bits per heavy atom. The van der Waals surface area contributed by atoms with E-state index in [2.05, 4.69) is 10.3 Å². The van der Waals surface area contributed by atoms with Gasteiger partial charge in [-0.05, 0) is 12.1 Å². The van der Waals surface area contributed by atoms with Crippen LogP contribution in [-0.2, 0) is 6.54 Å². The number of aromatic nitrogens is 1. The molecule has 0 aliphatic carbocycles. The van der Waals surface area contributed by atoms with Crippen molar-refractivity contribution >= 4 is 17.3 Å². The Morgan fingerprint density at radius 3 is 2.57 bits per heavy atom. The van der Waals surface area contributed by atoms with E-state index in [0.29, 0.717) is 23.1 Å². The number of halogens is 1. The molecule has 0 saturated carbocycles. The number of rotatable bonds is 6. The van der Waals surface area contributed by atoms with Crippen LogP contribution in [-0.4, -0.2) is 26.3 Å². The van der Waals surface area contributed by atoms with Gasteiger partial charge in [0.05, 0.1) is 38.6 Å². The molecule has 0 aliphatic rings. The Labute approximate surface area is 128 Å². The zero-order valence-corrected chi connectivity index (χ0v) is 12.9. The molecule has 1 N–H and O–H groups in total. The summed E-state index contributed by atoms with van der Waals surface area (Å²) in [5, 5.41) is 3.83. The number of benzene rings is 1. The predicted molar refractivity (Wildman–Crippen MR) is 82.7 cm³/mol. The lowest BCUT2D eigenvalue weighted by atomic mass is 10.2. The first kappa shape index (κ1) is 15.3. The van der Waals surface area contributed by atoms with Gasteiger partial charge in [0, 0.05) is 18.3 Å². The van der Waals surface area contributed by atoms with Crippen molar-refractivity contribution in [3.63, 3.8) is 0 Å². The number of hydrogen-bond donors (Lipinski definition) is 1. The molecule has 0 unspecified atom stereocenters. The van der Waals surface area contributed by atoms with Gasteiger partial charge in [0.15, 0.2) is 11.5 Å². The molecule has 1 heterocycles. The van der Waals surface area contributed by atoms with Gasteiger partial charge in [-0.2, -0.15) is 0 Å². The molecule has 0 aliphatic heterocycles. The molecular formula is C15H17ClN2O3. The van der Waals surface area contributed by atoms with Gasteiger partial charge in [0.1, 0.15) is 11.4 Å². The van der Waals surface area contributed by atoms with E-state index in [1.54, 1.807) is 45.7 Å². The molecule has 0 radical (unpaired) electrons. The molecule has 2 rings (SSSR count). The summed E-state index contributed by atoms with van der Waals surface area (Å²) < 4.78 is 15.8. The van der Waals surface area contributed by atoms with Crippen molar-refractivity contribution in [2.24, 2.45) is 0 Å². The smallest absolute Gasteiger partial charge is 0.184 e. The molecule has 2 aromatic rings. The van der Waals surface area contributed by atoms with Gasteiger partial charge < -0.3 is 19.5 Å². The summed E-state index contributed by atoms with van der Waals surface area (Å²) in [5.41, 5.74) is 1.50. The fraction of sp³-hybridized carbons (Fsp3) is 0.267. The monoisotopic (exact) mass is 308 g/mol. The number of methoxy groups -OCH3 is 3. The highest BCUT2D eigenvalue weighted by molar-refractivity contribution is 6.33. The van der Waals surface area contributed by atoms with Gasteiger partial charge in [-0.25, -0.2) is 0 Å². The summed E-state index contributed by atoms with van der Waals surface area (Å²) in [5.74, 6) is 1.97. The van der Waals surface area contributed by atoms with Gasteiger partial charge in [-0.1, -0.05) is 11.6 Å². The van der Waals surface area contributed by atoms with Crippen molar-refractivity contribution in [1.29, 1.82) is 0 Å². The predicted octanol–water partition coefficient (Wildman–Crippen LogP) is 3.37. The second-order valence-electron chi connectivity index (χ2n) is 4.19. The summed E-state index contributed by atoms with van der Waals surface area (Å²) >= 11 is 6.16. The van der Waals surface area contributed by atoms with Crippen molar-refractivity contribution in [2.75, 3.05) is 26.6 Å². The number of hydrogen-bond acceptors (Lipinski definition) is 5. The van der Waals surface area contributed by atoms with E-state index >= 15 is 0 Å². The molecule has 112 valence electrons. The second-order valence-corrected chi connectivity index (χ2v) is 4.60. The Balaban J connectivity index is 2.20. The van der Waals surface area contributed by atoms with E-state index in [4.69, 9.17) is 25.8 Å². The van der Waals surface area contributed by atoms with Crippen molar-refractivity contribution in [2.45, 2.75) is 6.54 Å². The molecule has 0 bridgehead atoms. The lowest BCUT2D eigenvalue weighted by Crippen LogP contribution is -2.05. The fourth-order valence-corrected chi connectivity index (χ4v) is 2.11. The average molecular weight is 309 g/mol. The first-order valence-electron chi connectivity index (χ1n) is 6.33. The molecule has 0 amide bonds. The van der Waals surface area contributed by atoms with E-state index in [-0.39, 0.29) is 0 Å². The quantitative estimate of drug-likeness (QED) is 0.886. The number of nitrogens with zero attached hydrogens (tertiary/aromatic N) is 1. The van der Waals surface area contributed by atoms with Crippen LogP contribution in [0.1, 0.15) is 5.69 Å². The molecule has 0 spiro atoms. The number of pyridine rings is 1. The first-order chi connectivity index (χ1) is 10.2. The number of nitrogens with one attached hydrogen (secondary N) is 1. The lowest BCUT2D eigenvalue weighted by Gasteiger charge is -2.14. The van der Waals surface area contributed by atoms with Crippen LogP contribution in [0.25, 0.3) is 0 Å². The molecule has 1 aromatic heterocycles. The van der Waals surface area contributed by atoms with E-state index in [1.807, 2.05) is 6.07 Å². The van der Waals surface area contributed by atoms with Crippen LogP contribution in [0.3, 0.4) is 0 Å². The molecular weight excluding hydrogens is 292 g/mol. The van der Waals surface area contributed by atoms with Gasteiger partial charge in [-0.3, -0.25) is 4.98 Å². The van der Waals surface area contributed by atoms with E-state index in [9.17, 15) is 0 Å². The summed E-state index contributed by atoms with van der Waals surface area (Å²) in [6.07, 6.45) is 1.67. The van der Waals surface area contributed by atoms with Gasteiger partial charge in [0.2, 0.25) is 0 Å². The van der Waals surface area contributed by atoms with Crippen molar-refractivity contribution in [3.8, 4) is 17.2 Å². The first-order valence-corrected chi connectivity index (χ1v) is 6.70. The van der Waals surface area contributed by atoms with Crippen molar-refractivity contribution in [1.82, 2.24) is 4.98 Å². The van der Waals surface area contributed by atoms with Crippen LogP contribution >= 0.6 is 11.6 Å². The van der Waals surface area contributed by atoms with Crippen LogP contribution in [0.4, 0.5) is 5.69 Å². The maximum atomic E-state index is 6.16. The van der Waals surface area contributed by atoms with E-state index < -0.39 is 0 Å². The third kappa shape index (κ3) is 3.49. The topological polar surface area (TPSA) is 52.6 Å². The number of anilines is 1. The maximum Gasteiger partial charge on any atom is 0.184 e. The van der Waals surface area contributed by atoms with E-state index in [1.165, 1.54) is 0 Å². The second kappa shape index (κ2) is 7.04. The highest BCUT2D eigenvalue weighted by atomic mass is 35.5. The minimum Gasteiger partial charge on any atom is -0.497 e. The van der Waals surface area contributed by atoms with Crippen molar-refractivity contribution < 1.29 is 14.2 Å². The Hall–Kier alpha value is -2.14. The van der Waals surface area contributed by atoms with Crippen molar-refractivity contribution in [3.05, 3.63) is 41.2 Å². The lowest BCUT2D eigenvalue weighted by molar-refractivity contribution is 0.350. The van der Waals surface area contributed by atoms with Crippen LogP contribution in [0.15, 0.2) is 30.5 Å². The minimum atomic E-state index is 0.452. The molecule has 0 saturated heterocycles. The maximum absolute atomic E-state index is 6.16. The standard InChI is InChI=1S/C15H17ClN2O3/c1-19-10-4-5-11(16)12(8-10)18-9-13-15(21-3)14(20-2)6-7-17-13/h4-8,18H,9H2,1-3H3. The normalized spacial score (nSPS) is 10.1. The van der Waals surface area contributed by atoms with Gasteiger partial charge in [-0.15, -0.1) is 0 Å². The van der Waals surface area contributed by atoms with E-state index in [0.717, 1.165) is 17.1 Å². The van der Waals surface area contributed by atoms with Crippen LogP contribution in [0, 0.1) is 0 Å². The Kier molecular flexibility index (Phi) is 5.11. The average Bonchev–Trinajstić information content (AvgIpc) is 2.53. The summed E-state index contributed by atoms with van der Waals surface area (Å²) in [4.78, 5) is 4.30. The fourth-order valence-electron chi connectivity index (χ4n) is 1.92. The minimum absolute atomic E-state index is 0.452. The molecule has 0 atom stereocenters.